The highest BCUT2D eigenvalue weighted by atomic mass is 16.5. The van der Waals surface area contributed by atoms with Crippen molar-refractivity contribution in [2.45, 2.75) is 0 Å². The second-order valence-corrected chi connectivity index (χ2v) is 2.70. The predicted molar refractivity (Wildman–Crippen MR) is 50.8 cm³/mol. The van der Waals surface area contributed by atoms with Crippen LogP contribution in [0.5, 0.6) is 0 Å². The molecule has 0 bridgehead atoms. The fourth-order valence-corrected chi connectivity index (χ4v) is 0.909. The monoisotopic (exact) mass is 198 g/mol. The number of nitrogens with zero attached hydrogens (tertiary/aromatic N) is 1. The Labute approximate surface area is 81.8 Å². The third-order valence-corrected chi connectivity index (χ3v) is 1.61. The Morgan fingerprint density at radius 2 is 2.21 bits per heavy atom. The number of morpholine rings is 1. The summed E-state index contributed by atoms with van der Waals surface area (Å²) in [6.45, 7) is 3.83. The molecule has 1 aliphatic rings. The van der Waals surface area contributed by atoms with Crippen molar-refractivity contribution in [1.29, 1.82) is 0 Å². The summed E-state index contributed by atoms with van der Waals surface area (Å²) in [5, 5.41) is 9.09. The molecule has 1 fully saturated rings. The first-order valence-corrected chi connectivity index (χ1v) is 4.38. The number of hydrogen-bond acceptors (Lipinski definition) is 4. The maximum atomic E-state index is 10.2. The van der Waals surface area contributed by atoms with Gasteiger partial charge in [-0.15, -0.1) is 0 Å². The molecule has 2 rings (SSSR count). The van der Waals surface area contributed by atoms with Crippen molar-refractivity contribution in [3.05, 3.63) is 18.0 Å². The molecule has 1 aromatic rings. The lowest BCUT2D eigenvalue weighted by Gasteiger charge is -2.10. The molecule has 1 aromatic heterocycles. The van der Waals surface area contributed by atoms with Crippen molar-refractivity contribution in [2.24, 2.45) is 5.73 Å². The molecule has 0 atom stereocenters. The highest BCUT2D eigenvalue weighted by Gasteiger charge is 1.96. The zero-order valence-corrected chi connectivity index (χ0v) is 7.82. The van der Waals surface area contributed by atoms with Crippen LogP contribution >= 0.6 is 0 Å². The van der Waals surface area contributed by atoms with E-state index < -0.39 is 5.91 Å². The van der Waals surface area contributed by atoms with Gasteiger partial charge in [-0.05, 0) is 6.07 Å². The molecule has 2 heterocycles. The third kappa shape index (κ3) is 4.01. The molecule has 0 aromatic carbocycles. The van der Waals surface area contributed by atoms with E-state index in [0.717, 1.165) is 26.3 Å². The Morgan fingerprint density at radius 1 is 1.50 bits per heavy atom. The Balaban J connectivity index is 0.000000146. The highest BCUT2D eigenvalue weighted by Crippen LogP contribution is 1.86. The third-order valence-electron chi connectivity index (χ3n) is 1.61. The summed E-state index contributed by atoms with van der Waals surface area (Å²) in [6.07, 6.45) is 1.47. The molecule has 6 nitrogen and oxygen atoms in total. The quantitative estimate of drug-likeness (QED) is 0.546. The molecule has 0 radical (unpaired) electrons. The van der Waals surface area contributed by atoms with Gasteiger partial charge >= 0.3 is 0 Å². The molecule has 6 heteroatoms. The van der Waals surface area contributed by atoms with Gasteiger partial charge in [0.25, 0.3) is 5.91 Å². The first-order chi connectivity index (χ1) is 6.80. The Hall–Kier alpha value is -1.40. The minimum atomic E-state index is -0.484. The standard InChI is InChI=1S/C4H5N3O.C4H9NO/c5-4(8)3-1-2-6-7-3;1-3-6-4-2-5-1/h1-2H,(H2,5,8)(H,6,7);5H,1-4H2. The number of rotatable bonds is 1. The molecule has 0 spiro atoms. The van der Waals surface area contributed by atoms with Crippen LogP contribution in [-0.4, -0.2) is 42.4 Å². The highest BCUT2D eigenvalue weighted by molar-refractivity contribution is 5.90. The van der Waals surface area contributed by atoms with Crippen LogP contribution in [-0.2, 0) is 4.74 Å². The summed E-state index contributed by atoms with van der Waals surface area (Å²) in [5.41, 5.74) is 5.19. The van der Waals surface area contributed by atoms with E-state index >= 15 is 0 Å². The predicted octanol–water partition coefficient (Wildman–Crippen LogP) is -0.885. The van der Waals surface area contributed by atoms with Gasteiger partial charge in [0.1, 0.15) is 5.69 Å². The van der Waals surface area contributed by atoms with Gasteiger partial charge in [0.2, 0.25) is 0 Å². The van der Waals surface area contributed by atoms with Gasteiger partial charge in [-0.2, -0.15) is 5.10 Å². The van der Waals surface area contributed by atoms with Crippen molar-refractivity contribution >= 4 is 5.91 Å². The van der Waals surface area contributed by atoms with Crippen molar-refractivity contribution in [1.82, 2.24) is 15.5 Å². The number of hydrogen-bond donors (Lipinski definition) is 3. The van der Waals surface area contributed by atoms with Crippen LogP contribution in [0.25, 0.3) is 0 Å². The van der Waals surface area contributed by atoms with Crippen LogP contribution in [0.3, 0.4) is 0 Å². The van der Waals surface area contributed by atoms with Crippen LogP contribution < -0.4 is 11.1 Å². The number of H-pyrrole nitrogens is 1. The summed E-state index contributed by atoms with van der Waals surface area (Å²) in [7, 11) is 0. The normalized spacial score (nSPS) is 15.4. The number of aromatic nitrogens is 2. The molecule has 14 heavy (non-hydrogen) atoms. The first-order valence-electron chi connectivity index (χ1n) is 4.38. The molecule has 0 unspecified atom stereocenters. The molecule has 4 N–H and O–H groups in total. The van der Waals surface area contributed by atoms with Gasteiger partial charge < -0.3 is 15.8 Å². The topological polar surface area (TPSA) is 93.0 Å². The maximum Gasteiger partial charge on any atom is 0.266 e. The van der Waals surface area contributed by atoms with E-state index in [2.05, 4.69) is 15.5 Å². The van der Waals surface area contributed by atoms with Crippen LogP contribution in [0.15, 0.2) is 12.3 Å². The minimum Gasteiger partial charge on any atom is -0.379 e. The lowest BCUT2D eigenvalue weighted by atomic mass is 10.4. The zero-order valence-electron chi connectivity index (χ0n) is 7.82. The van der Waals surface area contributed by atoms with Crippen LogP contribution in [0, 0.1) is 0 Å². The Morgan fingerprint density at radius 3 is 2.43 bits per heavy atom. The summed E-state index contributed by atoms with van der Waals surface area (Å²) in [5.74, 6) is -0.484. The van der Waals surface area contributed by atoms with Crippen molar-refractivity contribution < 1.29 is 9.53 Å². The van der Waals surface area contributed by atoms with E-state index in [0.29, 0.717) is 5.69 Å². The number of nitrogens with two attached hydrogens (primary N) is 1. The average Bonchev–Trinajstić information content (AvgIpc) is 2.74. The largest absolute Gasteiger partial charge is 0.379 e. The number of aromatic amines is 1. The Bertz CT molecular complexity index is 245. The van der Waals surface area contributed by atoms with Crippen LogP contribution in [0.4, 0.5) is 0 Å². The summed E-state index contributed by atoms with van der Waals surface area (Å²) < 4.78 is 5.01. The van der Waals surface area contributed by atoms with E-state index in [-0.39, 0.29) is 0 Å². The zero-order chi connectivity index (χ0) is 10.2. The van der Waals surface area contributed by atoms with Crippen molar-refractivity contribution in [3.8, 4) is 0 Å². The molecular weight excluding hydrogens is 184 g/mol. The van der Waals surface area contributed by atoms with Gasteiger partial charge in [-0.1, -0.05) is 0 Å². The summed E-state index contributed by atoms with van der Waals surface area (Å²) in [6, 6.07) is 1.52. The molecule has 78 valence electrons. The van der Waals surface area contributed by atoms with E-state index in [9.17, 15) is 4.79 Å². The maximum absolute atomic E-state index is 10.2. The molecule has 1 aliphatic heterocycles. The molecule has 1 saturated heterocycles. The van der Waals surface area contributed by atoms with Gasteiger partial charge in [0, 0.05) is 19.3 Å². The number of ether oxygens (including phenoxy) is 1. The van der Waals surface area contributed by atoms with Crippen LogP contribution in [0.1, 0.15) is 10.5 Å². The van der Waals surface area contributed by atoms with Gasteiger partial charge in [-0.3, -0.25) is 9.89 Å². The number of carbonyl (C=O) groups is 1. The smallest absolute Gasteiger partial charge is 0.266 e. The van der Waals surface area contributed by atoms with E-state index in [1.807, 2.05) is 0 Å². The lowest BCUT2D eigenvalue weighted by molar-refractivity contribution is 0.0995. The molecular formula is C8H14N4O2. The number of primary amides is 1. The van der Waals surface area contributed by atoms with Gasteiger partial charge in [0.05, 0.1) is 13.2 Å². The average molecular weight is 198 g/mol. The van der Waals surface area contributed by atoms with E-state index in [1.54, 1.807) is 0 Å². The number of amides is 1. The molecule has 0 aliphatic carbocycles. The second-order valence-electron chi connectivity index (χ2n) is 2.70. The van der Waals surface area contributed by atoms with Gasteiger partial charge in [-0.25, -0.2) is 0 Å². The fourth-order valence-electron chi connectivity index (χ4n) is 0.909. The van der Waals surface area contributed by atoms with Crippen molar-refractivity contribution in [3.63, 3.8) is 0 Å². The molecule has 1 amide bonds. The summed E-state index contributed by atoms with van der Waals surface area (Å²) in [4.78, 5) is 10.2. The number of carbonyl (C=O) groups excluding carboxylic acids is 1. The SMILES string of the molecule is C1COCCN1.NC(=O)c1ccn[nH]1. The number of nitrogens with one attached hydrogen (secondary N) is 2. The first kappa shape index (κ1) is 10.7. The fraction of sp³-hybridized carbons (Fsp3) is 0.500. The van der Waals surface area contributed by atoms with E-state index in [4.69, 9.17) is 10.5 Å². The molecule has 0 saturated carbocycles. The van der Waals surface area contributed by atoms with Crippen LogP contribution in [0.2, 0.25) is 0 Å². The van der Waals surface area contributed by atoms with Gasteiger partial charge in [0.15, 0.2) is 0 Å². The summed E-state index contributed by atoms with van der Waals surface area (Å²) >= 11 is 0. The van der Waals surface area contributed by atoms with Crippen molar-refractivity contribution in [2.75, 3.05) is 26.3 Å². The lowest BCUT2D eigenvalue weighted by Crippen LogP contribution is -2.30. The van der Waals surface area contributed by atoms with E-state index in [1.165, 1.54) is 12.3 Å². The minimum absolute atomic E-state index is 0.338. The Kier molecular flexibility index (Phi) is 4.66. The second kappa shape index (κ2) is 6.11.